The lowest BCUT2D eigenvalue weighted by molar-refractivity contribution is -0.0504. The van der Waals surface area contributed by atoms with E-state index >= 15 is 0 Å². The Balaban J connectivity index is 1.95. The zero-order chi connectivity index (χ0) is 19.7. The largest absolute Gasteiger partial charge is 0.435 e. The number of aromatic amines is 1. The number of para-hydroxylation sites is 1. The van der Waals surface area contributed by atoms with Crippen LogP contribution in [-0.2, 0) is 0 Å². The summed E-state index contributed by atoms with van der Waals surface area (Å²) < 4.78 is 36.1. The normalized spacial score (nSPS) is 15.7. The first kappa shape index (κ1) is 17.5. The van der Waals surface area contributed by atoms with Crippen LogP contribution in [-0.4, -0.2) is 16.8 Å². The number of alkyl halides is 2. The molecule has 3 aromatic rings. The maximum absolute atomic E-state index is 12.9. The zero-order valence-electron chi connectivity index (χ0n) is 14.4. The lowest BCUT2D eigenvalue weighted by Crippen LogP contribution is -2.21. The summed E-state index contributed by atoms with van der Waals surface area (Å²) in [6.07, 6.45) is 0. The number of fused-ring (bicyclic) bond motifs is 1. The van der Waals surface area contributed by atoms with Crippen LogP contribution in [0.1, 0.15) is 17.0 Å². The molecule has 1 atom stereocenters. The molecule has 0 aliphatic carbocycles. The molecule has 0 saturated heterocycles. The van der Waals surface area contributed by atoms with Crippen molar-refractivity contribution in [1.29, 1.82) is 5.26 Å². The molecule has 6 nitrogen and oxygen atoms in total. The van der Waals surface area contributed by atoms with Crippen molar-refractivity contribution in [2.24, 2.45) is 5.73 Å². The van der Waals surface area contributed by atoms with Gasteiger partial charge in [-0.25, -0.2) is 0 Å². The number of hydrogen-bond donors (Lipinski definition) is 2. The van der Waals surface area contributed by atoms with E-state index in [1.54, 1.807) is 18.2 Å². The Bertz CT molecular complexity index is 1090. The Kier molecular flexibility index (Phi) is 4.41. The molecule has 28 heavy (non-hydrogen) atoms. The van der Waals surface area contributed by atoms with E-state index < -0.39 is 12.5 Å². The quantitative estimate of drug-likeness (QED) is 0.716. The second-order valence-corrected chi connectivity index (χ2v) is 6.02. The molecule has 8 heteroatoms. The van der Waals surface area contributed by atoms with Crippen LogP contribution in [0.25, 0.3) is 11.3 Å². The van der Waals surface area contributed by atoms with Gasteiger partial charge in [-0.15, -0.1) is 5.10 Å². The molecule has 0 radical (unpaired) electrons. The van der Waals surface area contributed by atoms with E-state index in [0.29, 0.717) is 16.8 Å². The molecule has 4 rings (SSSR count). The van der Waals surface area contributed by atoms with Gasteiger partial charge in [0.1, 0.15) is 17.4 Å². The highest BCUT2D eigenvalue weighted by Crippen LogP contribution is 2.47. The Morgan fingerprint density at radius 3 is 2.57 bits per heavy atom. The van der Waals surface area contributed by atoms with Gasteiger partial charge in [-0.05, 0) is 11.6 Å². The molecule has 0 spiro atoms. The number of hydrogen-bond acceptors (Lipinski definition) is 5. The fourth-order valence-electron chi connectivity index (χ4n) is 3.30. The highest BCUT2D eigenvalue weighted by Gasteiger charge is 2.37. The third-order valence-electron chi connectivity index (χ3n) is 4.45. The standard InChI is InChI=1S/C20H14F2N4O2/c21-20(22)27-14-9-5-4-8-12(14)15-13(10-23)18(24)28-19-16(15)17(25-26-19)11-6-2-1-3-7-11/h1-9,15,20H,24H2,(H,25,26)/t15-/m1/s1. The number of nitrogens with one attached hydrogen (secondary N) is 1. The van der Waals surface area contributed by atoms with Gasteiger partial charge in [-0.2, -0.15) is 14.0 Å². The Labute approximate surface area is 158 Å². The molecule has 1 aromatic heterocycles. The molecule has 1 aliphatic rings. The van der Waals surface area contributed by atoms with Gasteiger partial charge in [0.25, 0.3) is 0 Å². The minimum Gasteiger partial charge on any atom is -0.435 e. The summed E-state index contributed by atoms with van der Waals surface area (Å²) in [6, 6.07) is 17.6. The Morgan fingerprint density at radius 1 is 1.14 bits per heavy atom. The summed E-state index contributed by atoms with van der Waals surface area (Å²) in [5.41, 5.74) is 8.32. The number of benzene rings is 2. The first-order chi connectivity index (χ1) is 13.6. The SMILES string of the molecule is N#CC1=C(N)Oc2n[nH]c(-c3ccccc3)c2[C@@H]1c1ccccc1OC(F)F. The molecule has 2 heterocycles. The highest BCUT2D eigenvalue weighted by atomic mass is 19.3. The lowest BCUT2D eigenvalue weighted by atomic mass is 9.82. The van der Waals surface area contributed by atoms with Crippen molar-refractivity contribution >= 4 is 0 Å². The van der Waals surface area contributed by atoms with E-state index in [1.165, 1.54) is 6.07 Å². The average Bonchev–Trinajstić information content (AvgIpc) is 3.11. The minimum absolute atomic E-state index is 0.0453. The van der Waals surface area contributed by atoms with E-state index in [4.69, 9.17) is 10.5 Å². The van der Waals surface area contributed by atoms with Gasteiger partial charge in [0.15, 0.2) is 0 Å². The van der Waals surface area contributed by atoms with Crippen LogP contribution in [0.3, 0.4) is 0 Å². The molecule has 140 valence electrons. The number of halogens is 2. The smallest absolute Gasteiger partial charge is 0.387 e. The van der Waals surface area contributed by atoms with Crippen molar-refractivity contribution in [3.63, 3.8) is 0 Å². The van der Waals surface area contributed by atoms with Gasteiger partial charge in [-0.3, -0.25) is 5.10 Å². The number of nitrogens with zero attached hydrogens (tertiary/aromatic N) is 2. The van der Waals surface area contributed by atoms with E-state index in [1.807, 2.05) is 36.4 Å². The first-order valence-corrected chi connectivity index (χ1v) is 8.35. The van der Waals surface area contributed by atoms with Gasteiger partial charge in [0.05, 0.1) is 17.2 Å². The Morgan fingerprint density at radius 2 is 1.86 bits per heavy atom. The van der Waals surface area contributed by atoms with Crippen LogP contribution in [0.15, 0.2) is 66.1 Å². The van der Waals surface area contributed by atoms with Crippen LogP contribution in [0.5, 0.6) is 11.6 Å². The predicted octanol–water partition coefficient (Wildman–Crippen LogP) is 3.90. The van der Waals surface area contributed by atoms with E-state index in [2.05, 4.69) is 14.9 Å². The molecule has 0 fully saturated rings. The molecule has 0 unspecified atom stereocenters. The maximum atomic E-state index is 12.9. The van der Waals surface area contributed by atoms with E-state index in [9.17, 15) is 14.0 Å². The molecule has 0 amide bonds. The predicted molar refractivity (Wildman–Crippen MR) is 96.4 cm³/mol. The van der Waals surface area contributed by atoms with Gasteiger partial charge in [0, 0.05) is 5.56 Å². The summed E-state index contributed by atoms with van der Waals surface area (Å²) in [5, 5.41) is 16.8. The average molecular weight is 380 g/mol. The summed E-state index contributed by atoms with van der Waals surface area (Å²) >= 11 is 0. The lowest BCUT2D eigenvalue weighted by Gasteiger charge is -2.25. The first-order valence-electron chi connectivity index (χ1n) is 8.35. The number of H-pyrrole nitrogens is 1. The van der Waals surface area contributed by atoms with Gasteiger partial charge in [-0.1, -0.05) is 48.5 Å². The minimum atomic E-state index is -3.01. The van der Waals surface area contributed by atoms with Crippen molar-refractivity contribution in [2.45, 2.75) is 12.5 Å². The van der Waals surface area contributed by atoms with Gasteiger partial charge in [0.2, 0.25) is 11.8 Å². The Hall–Kier alpha value is -3.86. The van der Waals surface area contributed by atoms with E-state index in [0.717, 1.165) is 5.56 Å². The van der Waals surface area contributed by atoms with Crippen molar-refractivity contribution in [1.82, 2.24) is 10.2 Å². The summed E-state index contributed by atoms with van der Waals surface area (Å²) in [6.45, 7) is -3.01. The summed E-state index contributed by atoms with van der Waals surface area (Å²) in [4.78, 5) is 0. The molecule has 0 saturated carbocycles. The van der Waals surface area contributed by atoms with Crippen molar-refractivity contribution in [3.8, 4) is 29.0 Å². The second-order valence-electron chi connectivity index (χ2n) is 6.02. The van der Waals surface area contributed by atoms with Gasteiger partial charge < -0.3 is 15.2 Å². The topological polar surface area (TPSA) is 97.0 Å². The van der Waals surface area contributed by atoms with Crippen molar-refractivity contribution < 1.29 is 18.3 Å². The van der Waals surface area contributed by atoms with Crippen LogP contribution < -0.4 is 15.2 Å². The van der Waals surface area contributed by atoms with Gasteiger partial charge >= 0.3 is 6.61 Å². The summed E-state index contributed by atoms with van der Waals surface area (Å²) in [7, 11) is 0. The van der Waals surface area contributed by atoms with Crippen molar-refractivity contribution in [3.05, 3.63) is 77.2 Å². The fourth-order valence-corrected chi connectivity index (χ4v) is 3.30. The van der Waals surface area contributed by atoms with Crippen molar-refractivity contribution in [2.75, 3.05) is 0 Å². The van der Waals surface area contributed by atoms with Crippen LogP contribution in [0, 0.1) is 11.3 Å². The fraction of sp³-hybridized carbons (Fsp3) is 0.100. The number of allylic oxidation sites excluding steroid dienone is 1. The van der Waals surface area contributed by atoms with Crippen LogP contribution >= 0.6 is 0 Å². The molecule has 2 aromatic carbocycles. The molecule has 1 aliphatic heterocycles. The second kappa shape index (κ2) is 7.04. The maximum Gasteiger partial charge on any atom is 0.387 e. The number of aromatic nitrogens is 2. The molecular formula is C20H14F2N4O2. The zero-order valence-corrected chi connectivity index (χ0v) is 14.4. The monoisotopic (exact) mass is 380 g/mol. The number of nitriles is 1. The third kappa shape index (κ3) is 2.93. The molecular weight excluding hydrogens is 366 g/mol. The van der Waals surface area contributed by atoms with Crippen LogP contribution in [0.4, 0.5) is 8.78 Å². The molecule has 3 N–H and O–H groups in total. The van der Waals surface area contributed by atoms with E-state index in [-0.39, 0.29) is 23.1 Å². The number of rotatable bonds is 4. The number of nitrogens with two attached hydrogens (primary N) is 1. The number of ether oxygens (including phenoxy) is 2. The van der Waals surface area contributed by atoms with Crippen LogP contribution in [0.2, 0.25) is 0 Å². The third-order valence-corrected chi connectivity index (χ3v) is 4.45. The molecule has 0 bridgehead atoms. The summed E-state index contributed by atoms with van der Waals surface area (Å²) in [5.74, 6) is -0.765. The highest BCUT2D eigenvalue weighted by molar-refractivity contribution is 5.71.